The Balaban J connectivity index is 2.54. The van der Waals surface area contributed by atoms with Gasteiger partial charge in [0.25, 0.3) is 0 Å². The van der Waals surface area contributed by atoms with Gasteiger partial charge in [-0.05, 0) is 24.3 Å². The largest absolute Gasteiger partial charge is 0.397 e. The number of nitrogens with one attached hydrogen (secondary N) is 1. The van der Waals surface area contributed by atoms with Gasteiger partial charge in [0.05, 0.1) is 11.2 Å². The Morgan fingerprint density at radius 2 is 2.25 bits per heavy atom. The van der Waals surface area contributed by atoms with E-state index in [4.69, 9.17) is 5.73 Å². The zero-order chi connectivity index (χ0) is 11.5. The van der Waals surface area contributed by atoms with Crippen LogP contribution >= 0.6 is 0 Å². The summed E-state index contributed by atoms with van der Waals surface area (Å²) < 4.78 is 13.0. The van der Waals surface area contributed by atoms with E-state index in [2.05, 4.69) is 10.3 Å². The van der Waals surface area contributed by atoms with Crippen molar-refractivity contribution in [1.82, 2.24) is 10.3 Å². The number of hydrogen-bond acceptors (Lipinski definition) is 3. The van der Waals surface area contributed by atoms with Crippen LogP contribution in [-0.4, -0.2) is 12.0 Å². The number of rotatable bonds is 2. The van der Waals surface area contributed by atoms with Gasteiger partial charge in [0, 0.05) is 30.4 Å². The van der Waals surface area contributed by atoms with Crippen LogP contribution in [-0.2, 0) is 0 Å². The van der Waals surface area contributed by atoms with E-state index in [-0.39, 0.29) is 5.82 Å². The molecule has 0 atom stereocenters. The van der Waals surface area contributed by atoms with Crippen LogP contribution in [0.4, 0.5) is 4.39 Å². The lowest BCUT2D eigenvalue weighted by Gasteiger charge is -2.03. The van der Waals surface area contributed by atoms with E-state index in [9.17, 15) is 4.39 Å². The van der Waals surface area contributed by atoms with E-state index in [1.54, 1.807) is 25.5 Å². The first-order valence-electron chi connectivity index (χ1n) is 4.89. The highest BCUT2D eigenvalue weighted by molar-refractivity contribution is 5.82. The average molecular weight is 217 g/mol. The Morgan fingerprint density at radius 1 is 1.44 bits per heavy atom. The van der Waals surface area contributed by atoms with E-state index in [0.717, 1.165) is 16.5 Å². The molecule has 0 bridgehead atoms. The third kappa shape index (κ3) is 1.95. The van der Waals surface area contributed by atoms with E-state index in [1.165, 1.54) is 12.1 Å². The molecule has 0 aliphatic heterocycles. The summed E-state index contributed by atoms with van der Waals surface area (Å²) in [6.07, 6.45) is 3.34. The fraction of sp³-hybridized carbons (Fsp3) is 0.0833. The second-order valence-corrected chi connectivity index (χ2v) is 3.45. The molecule has 4 heteroatoms. The van der Waals surface area contributed by atoms with Gasteiger partial charge >= 0.3 is 0 Å². The number of halogens is 1. The maximum Gasteiger partial charge on any atom is 0.123 e. The van der Waals surface area contributed by atoms with E-state index in [1.807, 2.05) is 6.07 Å². The fourth-order valence-electron chi connectivity index (χ4n) is 1.50. The Hall–Kier alpha value is -2.10. The summed E-state index contributed by atoms with van der Waals surface area (Å²) in [4.78, 5) is 4.21. The zero-order valence-electron chi connectivity index (χ0n) is 8.87. The SMILES string of the molecule is CN/C=C(\N)c1cnc2ccc(F)cc2c1. The minimum Gasteiger partial charge on any atom is -0.397 e. The molecule has 1 heterocycles. The summed E-state index contributed by atoms with van der Waals surface area (Å²) >= 11 is 0. The van der Waals surface area contributed by atoms with E-state index < -0.39 is 0 Å². The first-order valence-corrected chi connectivity index (χ1v) is 4.89. The molecule has 0 spiro atoms. The van der Waals surface area contributed by atoms with Crippen LogP contribution in [0.3, 0.4) is 0 Å². The van der Waals surface area contributed by atoms with Crippen molar-refractivity contribution < 1.29 is 4.39 Å². The molecule has 1 aromatic heterocycles. The Bertz CT molecular complexity index is 549. The Kier molecular flexibility index (Phi) is 2.72. The van der Waals surface area contributed by atoms with Crippen molar-refractivity contribution in [2.75, 3.05) is 7.05 Å². The molecule has 0 aliphatic carbocycles. The van der Waals surface area contributed by atoms with Crippen molar-refractivity contribution in [3.8, 4) is 0 Å². The molecular weight excluding hydrogens is 205 g/mol. The molecule has 0 saturated heterocycles. The summed E-state index contributed by atoms with van der Waals surface area (Å²) in [5, 5.41) is 3.58. The van der Waals surface area contributed by atoms with Crippen molar-refractivity contribution in [3.05, 3.63) is 48.0 Å². The summed E-state index contributed by atoms with van der Waals surface area (Å²) in [5.41, 5.74) is 7.89. The minimum absolute atomic E-state index is 0.275. The standard InChI is InChI=1S/C12H12FN3/c1-15-7-11(14)9-4-8-5-10(13)2-3-12(8)16-6-9/h2-7,15H,14H2,1H3/b11-7-. The van der Waals surface area contributed by atoms with Gasteiger partial charge in [0.2, 0.25) is 0 Å². The second-order valence-electron chi connectivity index (χ2n) is 3.45. The number of hydrogen-bond donors (Lipinski definition) is 2. The van der Waals surface area contributed by atoms with Crippen LogP contribution in [0.5, 0.6) is 0 Å². The topological polar surface area (TPSA) is 50.9 Å². The lowest BCUT2D eigenvalue weighted by Crippen LogP contribution is -2.03. The molecule has 3 nitrogen and oxygen atoms in total. The molecule has 0 saturated carbocycles. The highest BCUT2D eigenvalue weighted by atomic mass is 19.1. The quantitative estimate of drug-likeness (QED) is 0.807. The van der Waals surface area contributed by atoms with Gasteiger partial charge in [-0.1, -0.05) is 0 Å². The van der Waals surface area contributed by atoms with E-state index >= 15 is 0 Å². The Labute approximate surface area is 92.8 Å². The molecule has 0 fully saturated rings. The average Bonchev–Trinajstić information content (AvgIpc) is 2.28. The number of aromatic nitrogens is 1. The predicted molar refractivity (Wildman–Crippen MR) is 62.9 cm³/mol. The third-order valence-corrected chi connectivity index (χ3v) is 2.28. The highest BCUT2D eigenvalue weighted by Gasteiger charge is 2.01. The van der Waals surface area contributed by atoms with Crippen molar-refractivity contribution in [2.24, 2.45) is 5.73 Å². The highest BCUT2D eigenvalue weighted by Crippen LogP contribution is 2.17. The Morgan fingerprint density at radius 3 is 3.00 bits per heavy atom. The van der Waals surface area contributed by atoms with Crippen LogP contribution in [0.1, 0.15) is 5.56 Å². The molecule has 0 unspecified atom stereocenters. The number of nitrogens with two attached hydrogens (primary N) is 1. The first-order chi connectivity index (χ1) is 7.70. The maximum absolute atomic E-state index is 13.0. The van der Waals surface area contributed by atoms with Gasteiger partial charge in [-0.3, -0.25) is 4.98 Å². The molecule has 16 heavy (non-hydrogen) atoms. The lowest BCUT2D eigenvalue weighted by atomic mass is 10.1. The molecule has 0 aliphatic rings. The summed E-state index contributed by atoms with van der Waals surface area (Å²) in [6, 6.07) is 6.29. The number of nitrogens with zero attached hydrogens (tertiary/aromatic N) is 1. The van der Waals surface area contributed by atoms with Crippen molar-refractivity contribution in [1.29, 1.82) is 0 Å². The molecule has 3 N–H and O–H groups in total. The number of fused-ring (bicyclic) bond motifs is 1. The summed E-state index contributed by atoms with van der Waals surface area (Å²) in [7, 11) is 1.76. The van der Waals surface area contributed by atoms with Gasteiger partial charge < -0.3 is 11.1 Å². The molecule has 0 amide bonds. The summed E-state index contributed by atoms with van der Waals surface area (Å²) in [6.45, 7) is 0. The van der Waals surface area contributed by atoms with Gasteiger partial charge in [-0.2, -0.15) is 0 Å². The normalized spacial score (nSPS) is 11.8. The molecule has 2 aromatic rings. The number of pyridine rings is 1. The molecule has 0 radical (unpaired) electrons. The van der Waals surface area contributed by atoms with Crippen LogP contribution in [0.25, 0.3) is 16.6 Å². The summed E-state index contributed by atoms with van der Waals surface area (Å²) in [5.74, 6) is -0.275. The maximum atomic E-state index is 13.0. The monoisotopic (exact) mass is 217 g/mol. The first kappa shape index (κ1) is 10.4. The van der Waals surface area contributed by atoms with E-state index in [0.29, 0.717) is 5.70 Å². The number of benzene rings is 1. The molecule has 1 aromatic carbocycles. The molecule has 82 valence electrons. The second kappa shape index (κ2) is 4.18. The van der Waals surface area contributed by atoms with Crippen LogP contribution in [0, 0.1) is 5.82 Å². The van der Waals surface area contributed by atoms with Crippen molar-refractivity contribution >= 4 is 16.6 Å². The molecular formula is C12H12FN3. The van der Waals surface area contributed by atoms with Gasteiger partial charge in [0.15, 0.2) is 0 Å². The van der Waals surface area contributed by atoms with Crippen LogP contribution in [0.15, 0.2) is 36.7 Å². The smallest absolute Gasteiger partial charge is 0.123 e. The van der Waals surface area contributed by atoms with Crippen molar-refractivity contribution in [2.45, 2.75) is 0 Å². The van der Waals surface area contributed by atoms with Gasteiger partial charge in [-0.25, -0.2) is 4.39 Å². The fourth-order valence-corrected chi connectivity index (χ4v) is 1.50. The van der Waals surface area contributed by atoms with Crippen LogP contribution in [0.2, 0.25) is 0 Å². The van der Waals surface area contributed by atoms with Crippen molar-refractivity contribution in [3.63, 3.8) is 0 Å². The third-order valence-electron chi connectivity index (χ3n) is 2.28. The van der Waals surface area contributed by atoms with Gasteiger partial charge in [-0.15, -0.1) is 0 Å². The molecule has 2 rings (SSSR count). The van der Waals surface area contributed by atoms with Gasteiger partial charge in [0.1, 0.15) is 5.82 Å². The predicted octanol–water partition coefficient (Wildman–Crippen LogP) is 1.85. The minimum atomic E-state index is -0.275. The lowest BCUT2D eigenvalue weighted by molar-refractivity contribution is 0.629. The van der Waals surface area contributed by atoms with Crippen LogP contribution < -0.4 is 11.1 Å². The zero-order valence-corrected chi connectivity index (χ0v) is 8.87.